The second-order valence-electron chi connectivity index (χ2n) is 8.21. The van der Waals surface area contributed by atoms with E-state index in [-0.39, 0.29) is 5.92 Å². The number of halogens is 3. The van der Waals surface area contributed by atoms with Crippen molar-refractivity contribution in [2.24, 2.45) is 0 Å². The number of rotatable bonds is 5. The Labute approximate surface area is 212 Å². The number of aromatic nitrogens is 5. The molecule has 1 aromatic carbocycles. The normalized spacial score (nSPS) is 19.3. The lowest BCUT2D eigenvalue weighted by Crippen LogP contribution is -2.06. The molecule has 34 heavy (non-hydrogen) atoms. The van der Waals surface area contributed by atoms with E-state index in [4.69, 9.17) is 49.6 Å². The zero-order chi connectivity index (χ0) is 23.7. The fourth-order valence-corrected chi connectivity index (χ4v) is 4.90. The first-order valence-corrected chi connectivity index (χ1v) is 12.2. The fraction of sp³-hybridized carbons (Fsp3) is 0.292. The number of nitrogens with one attached hydrogen (secondary N) is 1. The summed E-state index contributed by atoms with van der Waals surface area (Å²) in [5.41, 5.74) is 2.72. The van der Waals surface area contributed by atoms with Crippen LogP contribution in [0.5, 0.6) is 5.75 Å². The molecule has 7 nitrogen and oxygen atoms in total. The van der Waals surface area contributed by atoms with Crippen LogP contribution < -0.4 is 10.1 Å². The Morgan fingerprint density at radius 2 is 2.09 bits per heavy atom. The van der Waals surface area contributed by atoms with Gasteiger partial charge in [-0.3, -0.25) is 0 Å². The summed E-state index contributed by atoms with van der Waals surface area (Å²) in [6.07, 6.45) is 13.2. The Kier molecular flexibility index (Phi) is 6.68. The minimum atomic E-state index is 0.135. The van der Waals surface area contributed by atoms with Crippen molar-refractivity contribution in [2.75, 3.05) is 12.4 Å². The van der Waals surface area contributed by atoms with Crippen LogP contribution in [0.3, 0.4) is 0 Å². The monoisotopic (exact) mass is 516 g/mol. The van der Waals surface area contributed by atoms with E-state index in [0.29, 0.717) is 26.9 Å². The highest BCUT2D eigenvalue weighted by Gasteiger charge is 2.23. The average molecular weight is 518 g/mol. The third-order valence-corrected chi connectivity index (χ3v) is 6.73. The number of ether oxygens (including phenoxy) is 1. The molecule has 0 saturated carbocycles. The first-order valence-electron chi connectivity index (χ1n) is 11.0. The summed E-state index contributed by atoms with van der Waals surface area (Å²) in [5.74, 6) is 2.30. The Hall–Kier alpha value is -2.74. The maximum Gasteiger partial charge on any atom is 0.246 e. The van der Waals surface area contributed by atoms with E-state index in [1.54, 1.807) is 25.7 Å². The molecule has 1 atom stereocenters. The molecule has 10 heteroatoms. The molecule has 0 amide bonds. The Morgan fingerprint density at radius 1 is 1.21 bits per heavy atom. The van der Waals surface area contributed by atoms with E-state index < -0.39 is 0 Å². The first kappa shape index (κ1) is 23.0. The Morgan fingerprint density at radius 3 is 2.85 bits per heavy atom. The molecule has 1 unspecified atom stereocenters. The van der Waals surface area contributed by atoms with Crippen LogP contribution in [0.4, 0.5) is 11.6 Å². The fourth-order valence-electron chi connectivity index (χ4n) is 4.26. The predicted molar refractivity (Wildman–Crippen MR) is 136 cm³/mol. The Balaban J connectivity index is 1.40. The largest absolute Gasteiger partial charge is 0.494 e. The first-order chi connectivity index (χ1) is 16.5. The van der Waals surface area contributed by atoms with Crippen molar-refractivity contribution < 1.29 is 4.74 Å². The van der Waals surface area contributed by atoms with E-state index in [9.17, 15) is 0 Å². The van der Waals surface area contributed by atoms with Gasteiger partial charge in [0.05, 0.1) is 12.8 Å². The molecule has 176 valence electrons. The highest BCUT2D eigenvalue weighted by Crippen LogP contribution is 2.35. The van der Waals surface area contributed by atoms with Gasteiger partial charge in [0.1, 0.15) is 23.1 Å². The van der Waals surface area contributed by atoms with Gasteiger partial charge in [0, 0.05) is 40.5 Å². The number of hydrogen-bond donors (Lipinski definition) is 1. The number of imidazole rings is 1. The summed E-state index contributed by atoms with van der Waals surface area (Å²) < 4.78 is 9.40. The van der Waals surface area contributed by atoms with Crippen molar-refractivity contribution in [3.8, 4) is 11.4 Å². The van der Waals surface area contributed by atoms with Crippen LogP contribution in [0.2, 0.25) is 5.15 Å². The van der Waals surface area contributed by atoms with Crippen LogP contribution in [0.15, 0.2) is 64.6 Å². The molecular weight excluding hydrogens is 495 g/mol. The van der Waals surface area contributed by atoms with E-state index in [1.807, 2.05) is 33.5 Å². The van der Waals surface area contributed by atoms with Gasteiger partial charge < -0.3 is 14.6 Å². The molecule has 2 aliphatic rings. The molecule has 1 aliphatic heterocycles. The van der Waals surface area contributed by atoms with E-state index in [2.05, 4.69) is 16.4 Å². The van der Waals surface area contributed by atoms with Crippen molar-refractivity contribution in [3.05, 3.63) is 75.6 Å². The molecule has 1 aliphatic carbocycles. The highest BCUT2D eigenvalue weighted by atomic mass is 35.5. The van der Waals surface area contributed by atoms with Crippen molar-refractivity contribution in [1.82, 2.24) is 24.3 Å². The lowest BCUT2D eigenvalue weighted by Gasteiger charge is -2.14. The molecule has 5 rings (SSSR count). The third-order valence-electron chi connectivity index (χ3n) is 5.92. The van der Waals surface area contributed by atoms with Crippen molar-refractivity contribution in [1.29, 1.82) is 0 Å². The molecule has 0 fully saturated rings. The lowest BCUT2D eigenvalue weighted by atomic mass is 9.96. The lowest BCUT2D eigenvalue weighted by molar-refractivity contribution is 0.413. The minimum absolute atomic E-state index is 0.135. The smallest absolute Gasteiger partial charge is 0.246 e. The van der Waals surface area contributed by atoms with E-state index >= 15 is 0 Å². The molecule has 0 radical (unpaired) electrons. The van der Waals surface area contributed by atoms with Gasteiger partial charge in [0.2, 0.25) is 5.95 Å². The van der Waals surface area contributed by atoms with Gasteiger partial charge in [-0.2, -0.15) is 4.98 Å². The summed E-state index contributed by atoms with van der Waals surface area (Å²) in [6, 6.07) is 5.78. The number of anilines is 2. The average Bonchev–Trinajstić information content (AvgIpc) is 3.38. The van der Waals surface area contributed by atoms with E-state index in [0.717, 1.165) is 55.0 Å². The van der Waals surface area contributed by atoms with Gasteiger partial charge in [0.15, 0.2) is 0 Å². The maximum atomic E-state index is 6.45. The maximum absolute atomic E-state index is 6.45. The third kappa shape index (κ3) is 4.87. The molecule has 2 aromatic heterocycles. The van der Waals surface area contributed by atoms with Gasteiger partial charge in [-0.15, -0.1) is 5.10 Å². The molecule has 1 N–H and O–H groups in total. The van der Waals surface area contributed by atoms with Crippen LogP contribution in [0.1, 0.15) is 37.4 Å². The second kappa shape index (κ2) is 9.86. The van der Waals surface area contributed by atoms with Crippen LogP contribution in [-0.4, -0.2) is 31.4 Å². The Bertz CT molecular complexity index is 1310. The van der Waals surface area contributed by atoms with Crippen molar-refractivity contribution in [2.45, 2.75) is 38.1 Å². The number of fused-ring (bicyclic) bond motifs is 1. The van der Waals surface area contributed by atoms with E-state index in [1.165, 1.54) is 0 Å². The van der Waals surface area contributed by atoms with Gasteiger partial charge in [-0.25, -0.2) is 9.67 Å². The van der Waals surface area contributed by atoms with Gasteiger partial charge in [-0.1, -0.05) is 53.4 Å². The van der Waals surface area contributed by atoms with Gasteiger partial charge in [-0.05, 0) is 43.0 Å². The standard InChI is InChI=1S/C24H23Cl3N6O/c1-34-21-12-18(7-8-20(21)32-13-22(27)28-14-32)29-24-30-23-16(4-2-3-9-33(23)31-24)10-15-5-6-17(25)11-19(15)26/h6-8,10-14,16H,2-5,9H2,1H3,(H,29,31). The molecule has 3 aromatic rings. The minimum Gasteiger partial charge on any atom is -0.494 e. The topological polar surface area (TPSA) is 69.8 Å². The SMILES string of the molecule is COc1cc(Nc2nc3n(n2)CCCCC3C=C2CC=C(Cl)C=C2Cl)ccc1-n1cnc(Cl)c1. The summed E-state index contributed by atoms with van der Waals surface area (Å²) in [7, 11) is 1.63. The van der Waals surface area contributed by atoms with Gasteiger partial charge >= 0.3 is 0 Å². The van der Waals surface area contributed by atoms with Crippen LogP contribution in [0, 0.1) is 0 Å². The highest BCUT2D eigenvalue weighted by molar-refractivity contribution is 6.36. The van der Waals surface area contributed by atoms with Crippen LogP contribution >= 0.6 is 34.8 Å². The van der Waals surface area contributed by atoms with Crippen LogP contribution in [0.25, 0.3) is 5.69 Å². The van der Waals surface area contributed by atoms with Crippen molar-refractivity contribution in [3.63, 3.8) is 0 Å². The zero-order valence-corrected chi connectivity index (χ0v) is 20.8. The summed E-state index contributed by atoms with van der Waals surface area (Å²) in [5, 5.41) is 9.83. The predicted octanol–water partition coefficient (Wildman–Crippen LogP) is 6.71. The molecule has 3 heterocycles. The number of allylic oxidation sites excluding steroid dienone is 6. The second-order valence-corrected chi connectivity index (χ2v) is 9.44. The molecular formula is C24H23Cl3N6O. The number of hydrogen-bond acceptors (Lipinski definition) is 5. The summed E-state index contributed by atoms with van der Waals surface area (Å²) in [4.78, 5) is 8.92. The molecule has 0 bridgehead atoms. The number of methoxy groups -OCH3 is 1. The number of aryl methyl sites for hydroxylation is 1. The number of nitrogens with zero attached hydrogens (tertiary/aromatic N) is 5. The van der Waals surface area contributed by atoms with Gasteiger partial charge in [0.25, 0.3) is 0 Å². The molecule has 0 saturated heterocycles. The summed E-state index contributed by atoms with van der Waals surface area (Å²) >= 11 is 18.5. The summed E-state index contributed by atoms with van der Waals surface area (Å²) in [6.45, 7) is 0.836. The van der Waals surface area contributed by atoms with Crippen LogP contribution in [-0.2, 0) is 6.54 Å². The zero-order valence-electron chi connectivity index (χ0n) is 18.5. The number of benzene rings is 1. The van der Waals surface area contributed by atoms with Crippen molar-refractivity contribution >= 4 is 46.4 Å². The molecule has 0 spiro atoms. The quantitative estimate of drug-likeness (QED) is 0.407.